The fourth-order valence-corrected chi connectivity index (χ4v) is 3.16. The molecule has 62 valence electrons. The zero-order chi connectivity index (χ0) is 8.72. The van der Waals surface area contributed by atoms with Crippen molar-refractivity contribution in [2.45, 2.75) is 0 Å². The van der Waals surface area contributed by atoms with Crippen molar-refractivity contribution in [3.05, 3.63) is 24.6 Å². The second-order valence-electron chi connectivity index (χ2n) is 2.31. The van der Waals surface area contributed by atoms with E-state index in [0.29, 0.717) is 5.28 Å². The number of hydrogen-bond donors (Lipinski definition) is 1. The lowest BCUT2D eigenvalue weighted by Crippen LogP contribution is -1.78. The third-order valence-electron chi connectivity index (χ3n) is 1.48. The number of fused-ring (bicyclic) bond motifs is 1. The molecule has 0 bridgehead atoms. The maximum atomic E-state index is 5.73. The van der Waals surface area contributed by atoms with Gasteiger partial charge in [0.2, 0.25) is 5.28 Å². The summed E-state index contributed by atoms with van der Waals surface area (Å²) in [5.41, 5.74) is 1.94. The monoisotopic (exact) mass is 404 g/mol. The summed E-state index contributed by atoms with van der Waals surface area (Å²) in [6, 6.07) is 4.09. The molecule has 0 spiro atoms. The largest absolute Gasteiger partial charge is 0.329 e. The average molecular weight is 404 g/mol. The van der Waals surface area contributed by atoms with Crippen LogP contribution in [0.1, 0.15) is 0 Å². The predicted octanol–water partition coefficient (Wildman–Crippen LogP) is 3.43. The lowest BCUT2D eigenvalue weighted by molar-refractivity contribution is 1.34. The van der Waals surface area contributed by atoms with Gasteiger partial charge in [-0.05, 0) is 68.9 Å². The maximum Gasteiger partial charge on any atom is 0.201 e. The van der Waals surface area contributed by atoms with Gasteiger partial charge in [-0.2, -0.15) is 0 Å². The van der Waals surface area contributed by atoms with E-state index in [2.05, 4.69) is 61.2 Å². The number of nitrogens with one attached hydrogen (secondary N) is 1. The van der Waals surface area contributed by atoms with Crippen LogP contribution in [0.3, 0.4) is 0 Å². The minimum Gasteiger partial charge on any atom is -0.329 e. The van der Waals surface area contributed by atoms with E-state index in [1.54, 1.807) is 0 Å². The van der Waals surface area contributed by atoms with Gasteiger partial charge in [0.15, 0.2) is 0 Å². The van der Waals surface area contributed by atoms with Crippen LogP contribution in [0.5, 0.6) is 0 Å². The smallest absolute Gasteiger partial charge is 0.201 e. The first-order valence-corrected chi connectivity index (χ1v) is 5.70. The molecule has 1 aromatic carbocycles. The van der Waals surface area contributed by atoms with Crippen LogP contribution in [0.25, 0.3) is 11.0 Å². The van der Waals surface area contributed by atoms with Crippen molar-refractivity contribution < 1.29 is 0 Å². The lowest BCUT2D eigenvalue weighted by Gasteiger charge is -1.93. The summed E-state index contributed by atoms with van der Waals surface area (Å²) in [5.74, 6) is 0. The molecule has 0 radical (unpaired) electrons. The summed E-state index contributed by atoms with van der Waals surface area (Å²) in [6.07, 6.45) is 0. The third-order valence-corrected chi connectivity index (χ3v) is 3.10. The molecule has 2 nitrogen and oxygen atoms in total. The van der Waals surface area contributed by atoms with Gasteiger partial charge in [0, 0.05) is 7.14 Å². The standard InChI is InChI=1S/C7H3ClI2N2/c8-7-11-5-2-3(9)1-4(10)6(5)12-7/h1-2H,(H,11,12). The first kappa shape index (κ1) is 9.01. The van der Waals surface area contributed by atoms with Crippen molar-refractivity contribution >= 4 is 67.8 Å². The highest BCUT2D eigenvalue weighted by Gasteiger charge is 2.04. The van der Waals surface area contributed by atoms with Crippen molar-refractivity contribution in [1.82, 2.24) is 9.97 Å². The SMILES string of the molecule is Clc1nc2c(I)cc(I)cc2[nH]1. The van der Waals surface area contributed by atoms with Crippen molar-refractivity contribution in [3.63, 3.8) is 0 Å². The van der Waals surface area contributed by atoms with E-state index in [-0.39, 0.29) is 0 Å². The molecular formula is C7H3ClI2N2. The first-order chi connectivity index (χ1) is 5.66. The normalized spacial score (nSPS) is 10.9. The van der Waals surface area contributed by atoms with Gasteiger partial charge >= 0.3 is 0 Å². The van der Waals surface area contributed by atoms with Gasteiger partial charge in [0.25, 0.3) is 0 Å². The Morgan fingerprint density at radius 1 is 1.33 bits per heavy atom. The summed E-state index contributed by atoms with van der Waals surface area (Å²) in [4.78, 5) is 7.14. The Bertz CT molecular complexity index is 438. The fraction of sp³-hybridized carbons (Fsp3) is 0. The molecule has 2 rings (SSSR count). The summed E-state index contributed by atoms with van der Waals surface area (Å²) < 4.78 is 2.31. The van der Waals surface area contributed by atoms with Crippen molar-refractivity contribution in [2.24, 2.45) is 0 Å². The summed E-state index contributed by atoms with van der Waals surface area (Å²) >= 11 is 10.3. The van der Waals surface area contributed by atoms with Crippen molar-refractivity contribution in [1.29, 1.82) is 0 Å². The minimum absolute atomic E-state index is 0.449. The molecule has 0 unspecified atom stereocenters. The highest BCUT2D eigenvalue weighted by atomic mass is 127. The van der Waals surface area contributed by atoms with Gasteiger partial charge in [-0.1, -0.05) is 0 Å². The molecule has 1 N–H and O–H groups in total. The topological polar surface area (TPSA) is 28.7 Å². The molecule has 0 aliphatic heterocycles. The number of rotatable bonds is 0. The zero-order valence-electron chi connectivity index (χ0n) is 5.74. The lowest BCUT2D eigenvalue weighted by atomic mass is 10.3. The number of aromatic amines is 1. The van der Waals surface area contributed by atoms with Gasteiger partial charge in [-0.15, -0.1) is 0 Å². The second-order valence-corrected chi connectivity index (χ2v) is 5.08. The molecule has 1 heterocycles. The van der Waals surface area contributed by atoms with Gasteiger partial charge in [-0.25, -0.2) is 4.98 Å². The first-order valence-electron chi connectivity index (χ1n) is 3.17. The van der Waals surface area contributed by atoms with Crippen LogP contribution in [0.15, 0.2) is 12.1 Å². The second kappa shape index (κ2) is 3.30. The quantitative estimate of drug-likeness (QED) is 0.670. The van der Waals surface area contributed by atoms with Crippen LogP contribution < -0.4 is 0 Å². The molecule has 0 amide bonds. The minimum atomic E-state index is 0.449. The highest BCUT2D eigenvalue weighted by Crippen LogP contribution is 2.23. The third kappa shape index (κ3) is 1.56. The molecule has 0 aliphatic rings. The Hall–Kier alpha value is 0.440. The van der Waals surface area contributed by atoms with E-state index in [1.165, 1.54) is 3.57 Å². The fourth-order valence-electron chi connectivity index (χ4n) is 1.01. The van der Waals surface area contributed by atoms with E-state index >= 15 is 0 Å². The van der Waals surface area contributed by atoms with E-state index in [4.69, 9.17) is 11.6 Å². The molecule has 0 atom stereocenters. The number of H-pyrrole nitrogens is 1. The van der Waals surface area contributed by atoms with Gasteiger partial charge in [-0.3, -0.25) is 0 Å². The van der Waals surface area contributed by atoms with Crippen LogP contribution in [0, 0.1) is 7.14 Å². The summed E-state index contributed by atoms with van der Waals surface area (Å²) in [6.45, 7) is 0. The van der Waals surface area contributed by atoms with E-state index in [0.717, 1.165) is 14.6 Å². The average Bonchev–Trinajstić information content (AvgIpc) is 2.29. The summed E-state index contributed by atoms with van der Waals surface area (Å²) in [5, 5.41) is 0.449. The number of benzene rings is 1. The number of aromatic nitrogens is 2. The van der Waals surface area contributed by atoms with E-state index in [1.807, 2.05) is 6.07 Å². The van der Waals surface area contributed by atoms with Crippen LogP contribution in [-0.4, -0.2) is 9.97 Å². The highest BCUT2D eigenvalue weighted by molar-refractivity contribution is 14.1. The number of hydrogen-bond acceptors (Lipinski definition) is 1. The molecule has 1 aromatic heterocycles. The molecule has 0 saturated carbocycles. The van der Waals surface area contributed by atoms with Crippen LogP contribution in [0.4, 0.5) is 0 Å². The van der Waals surface area contributed by atoms with E-state index in [9.17, 15) is 0 Å². The maximum absolute atomic E-state index is 5.73. The van der Waals surface area contributed by atoms with Crippen molar-refractivity contribution in [3.8, 4) is 0 Å². The van der Waals surface area contributed by atoms with Crippen LogP contribution in [-0.2, 0) is 0 Å². The number of imidazole rings is 1. The Labute approximate surface area is 101 Å². The van der Waals surface area contributed by atoms with Gasteiger partial charge in [0.05, 0.1) is 5.52 Å². The van der Waals surface area contributed by atoms with E-state index < -0.39 is 0 Å². The van der Waals surface area contributed by atoms with Crippen LogP contribution >= 0.6 is 56.8 Å². The molecule has 2 aromatic rings. The summed E-state index contributed by atoms with van der Waals surface area (Å²) in [7, 11) is 0. The molecular weight excluding hydrogens is 401 g/mol. The Morgan fingerprint density at radius 2 is 2.08 bits per heavy atom. The number of nitrogens with zero attached hydrogens (tertiary/aromatic N) is 1. The molecule has 0 saturated heterocycles. The number of halogens is 3. The molecule has 0 aliphatic carbocycles. The van der Waals surface area contributed by atoms with Gasteiger partial charge < -0.3 is 4.98 Å². The predicted molar refractivity (Wildman–Crippen MR) is 66.5 cm³/mol. The molecule has 5 heteroatoms. The molecule has 0 fully saturated rings. The van der Waals surface area contributed by atoms with Crippen LogP contribution in [0.2, 0.25) is 5.28 Å². The van der Waals surface area contributed by atoms with Crippen molar-refractivity contribution in [2.75, 3.05) is 0 Å². The zero-order valence-corrected chi connectivity index (χ0v) is 10.8. The Morgan fingerprint density at radius 3 is 2.83 bits per heavy atom. The van der Waals surface area contributed by atoms with Gasteiger partial charge in [0.1, 0.15) is 5.52 Å². The molecule has 12 heavy (non-hydrogen) atoms. The Balaban J connectivity index is 2.88. The Kier molecular flexibility index (Phi) is 2.48.